The topological polar surface area (TPSA) is 46.3 Å². The van der Waals surface area contributed by atoms with Gasteiger partial charge in [-0.05, 0) is 24.8 Å². The van der Waals surface area contributed by atoms with Crippen molar-refractivity contribution in [3.63, 3.8) is 0 Å². The molecule has 1 aliphatic rings. The monoisotopic (exact) mass is 232 g/mol. The highest BCUT2D eigenvalue weighted by Gasteiger charge is 2.27. The first kappa shape index (κ1) is 12.1. The number of hydrogen-bond donors (Lipinski definition) is 1. The maximum atomic E-state index is 12.2. The molecule has 92 valence electrons. The van der Waals surface area contributed by atoms with Crippen LogP contribution in [0.4, 0.5) is 0 Å². The Morgan fingerprint density at radius 2 is 2.06 bits per heavy atom. The molecule has 1 fully saturated rings. The molecule has 2 rings (SSSR count). The van der Waals surface area contributed by atoms with Crippen molar-refractivity contribution in [1.29, 1.82) is 0 Å². The van der Waals surface area contributed by atoms with Crippen LogP contribution in [0.5, 0.6) is 0 Å². The lowest BCUT2D eigenvalue weighted by Gasteiger charge is -2.21. The van der Waals surface area contributed by atoms with E-state index in [0.29, 0.717) is 5.92 Å². The van der Waals surface area contributed by atoms with Gasteiger partial charge in [0, 0.05) is 13.1 Å². The van der Waals surface area contributed by atoms with E-state index in [1.165, 1.54) is 5.56 Å². The lowest BCUT2D eigenvalue weighted by atomic mass is 10.0. The van der Waals surface area contributed by atoms with Crippen molar-refractivity contribution in [1.82, 2.24) is 4.90 Å². The number of hydrogen-bond acceptors (Lipinski definition) is 2. The normalized spacial score (nSPS) is 21.6. The number of likely N-dealkylation sites (tertiary alicyclic amines) is 1. The molecule has 0 saturated carbocycles. The Morgan fingerprint density at radius 1 is 1.41 bits per heavy atom. The summed E-state index contributed by atoms with van der Waals surface area (Å²) in [6.07, 6.45) is 1.09. The van der Waals surface area contributed by atoms with Gasteiger partial charge in [-0.1, -0.05) is 36.8 Å². The molecule has 17 heavy (non-hydrogen) atoms. The Labute approximate surface area is 103 Å². The van der Waals surface area contributed by atoms with Gasteiger partial charge in [0.2, 0.25) is 5.91 Å². The first-order valence-corrected chi connectivity index (χ1v) is 6.19. The summed E-state index contributed by atoms with van der Waals surface area (Å²) in [5.74, 6) is 0.655. The van der Waals surface area contributed by atoms with Crippen molar-refractivity contribution in [2.75, 3.05) is 13.1 Å². The van der Waals surface area contributed by atoms with E-state index in [1.54, 1.807) is 0 Å². The minimum absolute atomic E-state index is 0.0539. The lowest BCUT2D eigenvalue weighted by Crippen LogP contribution is -2.36. The fraction of sp³-hybridized carbons (Fsp3) is 0.500. The Kier molecular flexibility index (Phi) is 3.48. The van der Waals surface area contributed by atoms with Crippen LogP contribution in [-0.2, 0) is 4.79 Å². The minimum Gasteiger partial charge on any atom is -0.341 e. The summed E-state index contributed by atoms with van der Waals surface area (Å²) in [6, 6.07) is 7.36. The van der Waals surface area contributed by atoms with Gasteiger partial charge in [-0.3, -0.25) is 4.79 Å². The Balaban J connectivity index is 2.06. The van der Waals surface area contributed by atoms with E-state index in [-0.39, 0.29) is 5.91 Å². The van der Waals surface area contributed by atoms with Gasteiger partial charge in [0.1, 0.15) is 6.04 Å². The third-order valence-electron chi connectivity index (χ3n) is 3.44. The van der Waals surface area contributed by atoms with Gasteiger partial charge in [0.25, 0.3) is 0 Å². The predicted molar refractivity (Wildman–Crippen MR) is 68.5 cm³/mol. The fourth-order valence-corrected chi connectivity index (χ4v) is 2.25. The first-order valence-electron chi connectivity index (χ1n) is 6.19. The van der Waals surface area contributed by atoms with Crippen LogP contribution in [0.25, 0.3) is 0 Å². The Hall–Kier alpha value is -1.35. The van der Waals surface area contributed by atoms with Crippen LogP contribution in [0.15, 0.2) is 24.3 Å². The molecule has 0 spiro atoms. The van der Waals surface area contributed by atoms with Crippen LogP contribution >= 0.6 is 0 Å². The van der Waals surface area contributed by atoms with Crippen LogP contribution in [-0.4, -0.2) is 23.9 Å². The summed E-state index contributed by atoms with van der Waals surface area (Å²) in [6.45, 7) is 5.89. The molecule has 1 amide bonds. The van der Waals surface area contributed by atoms with E-state index in [9.17, 15) is 4.79 Å². The van der Waals surface area contributed by atoms with Gasteiger partial charge in [-0.2, -0.15) is 0 Å². The molecular weight excluding hydrogens is 212 g/mol. The first-order chi connectivity index (χ1) is 8.08. The molecule has 0 aromatic heterocycles. The van der Waals surface area contributed by atoms with Crippen LogP contribution in [0.2, 0.25) is 0 Å². The second-order valence-corrected chi connectivity index (χ2v) is 5.07. The number of nitrogens with two attached hydrogens (primary N) is 1. The highest BCUT2D eigenvalue weighted by Crippen LogP contribution is 2.20. The maximum Gasteiger partial charge on any atom is 0.244 e. The smallest absolute Gasteiger partial charge is 0.244 e. The number of benzene rings is 1. The van der Waals surface area contributed by atoms with Gasteiger partial charge in [0.05, 0.1) is 0 Å². The molecule has 3 heteroatoms. The van der Waals surface area contributed by atoms with Gasteiger partial charge in [-0.15, -0.1) is 0 Å². The summed E-state index contributed by atoms with van der Waals surface area (Å²) >= 11 is 0. The van der Waals surface area contributed by atoms with Gasteiger partial charge < -0.3 is 10.6 Å². The number of amides is 1. The van der Waals surface area contributed by atoms with E-state index >= 15 is 0 Å². The molecule has 2 N–H and O–H groups in total. The zero-order valence-electron chi connectivity index (χ0n) is 10.5. The number of aryl methyl sites for hydroxylation is 1. The average molecular weight is 232 g/mol. The maximum absolute atomic E-state index is 12.2. The van der Waals surface area contributed by atoms with Crippen molar-refractivity contribution >= 4 is 5.91 Å². The summed E-state index contributed by atoms with van der Waals surface area (Å²) < 4.78 is 0. The third kappa shape index (κ3) is 2.67. The SMILES string of the molecule is Cc1ccc(C(N)C(=O)N2CCC(C)C2)cc1. The summed E-state index contributed by atoms with van der Waals surface area (Å²) in [4.78, 5) is 14.1. The molecule has 1 aromatic rings. The molecule has 1 aromatic carbocycles. The minimum atomic E-state index is -0.513. The zero-order chi connectivity index (χ0) is 12.4. The van der Waals surface area contributed by atoms with Gasteiger partial charge >= 0.3 is 0 Å². The second-order valence-electron chi connectivity index (χ2n) is 5.07. The molecule has 2 unspecified atom stereocenters. The molecule has 3 nitrogen and oxygen atoms in total. The quantitative estimate of drug-likeness (QED) is 0.846. The Morgan fingerprint density at radius 3 is 2.59 bits per heavy atom. The van der Waals surface area contributed by atoms with Crippen LogP contribution in [0.3, 0.4) is 0 Å². The predicted octanol–water partition coefficient (Wildman–Crippen LogP) is 1.86. The van der Waals surface area contributed by atoms with Gasteiger partial charge in [0.15, 0.2) is 0 Å². The molecule has 2 atom stereocenters. The molecule has 1 aliphatic heterocycles. The van der Waals surface area contributed by atoms with Crippen LogP contribution in [0.1, 0.15) is 30.5 Å². The highest BCUT2D eigenvalue weighted by atomic mass is 16.2. The van der Waals surface area contributed by atoms with Crippen molar-refractivity contribution in [2.45, 2.75) is 26.3 Å². The summed E-state index contributed by atoms with van der Waals surface area (Å²) in [5.41, 5.74) is 8.11. The van der Waals surface area contributed by atoms with E-state index in [1.807, 2.05) is 36.1 Å². The summed E-state index contributed by atoms with van der Waals surface area (Å²) in [7, 11) is 0. The Bertz CT molecular complexity index is 399. The third-order valence-corrected chi connectivity index (χ3v) is 3.44. The molecule has 0 aliphatic carbocycles. The highest BCUT2D eigenvalue weighted by molar-refractivity contribution is 5.83. The van der Waals surface area contributed by atoms with E-state index < -0.39 is 6.04 Å². The zero-order valence-corrected chi connectivity index (χ0v) is 10.5. The second kappa shape index (κ2) is 4.88. The van der Waals surface area contributed by atoms with E-state index in [0.717, 1.165) is 25.1 Å². The number of rotatable bonds is 2. The average Bonchev–Trinajstić information content (AvgIpc) is 2.75. The number of carbonyl (C=O) groups is 1. The number of nitrogens with zero attached hydrogens (tertiary/aromatic N) is 1. The van der Waals surface area contributed by atoms with Crippen molar-refractivity contribution in [2.24, 2.45) is 11.7 Å². The molecule has 0 radical (unpaired) electrons. The van der Waals surface area contributed by atoms with Gasteiger partial charge in [-0.25, -0.2) is 0 Å². The standard InChI is InChI=1S/C14H20N2O/c1-10-3-5-12(6-4-10)13(15)14(17)16-8-7-11(2)9-16/h3-6,11,13H,7-9,15H2,1-2H3. The number of carbonyl (C=O) groups excluding carboxylic acids is 1. The van der Waals surface area contributed by atoms with E-state index in [4.69, 9.17) is 5.73 Å². The van der Waals surface area contributed by atoms with Crippen LogP contribution in [0, 0.1) is 12.8 Å². The largest absolute Gasteiger partial charge is 0.341 e. The fourth-order valence-electron chi connectivity index (χ4n) is 2.25. The lowest BCUT2D eigenvalue weighted by molar-refractivity contribution is -0.131. The van der Waals surface area contributed by atoms with Crippen molar-refractivity contribution in [3.05, 3.63) is 35.4 Å². The summed E-state index contributed by atoms with van der Waals surface area (Å²) in [5, 5.41) is 0. The van der Waals surface area contributed by atoms with Crippen molar-refractivity contribution < 1.29 is 4.79 Å². The molecule has 1 saturated heterocycles. The molecule has 0 bridgehead atoms. The van der Waals surface area contributed by atoms with Crippen LogP contribution < -0.4 is 5.73 Å². The molecule has 1 heterocycles. The van der Waals surface area contributed by atoms with Crippen molar-refractivity contribution in [3.8, 4) is 0 Å². The molecular formula is C14H20N2O. The van der Waals surface area contributed by atoms with E-state index in [2.05, 4.69) is 6.92 Å².